The topological polar surface area (TPSA) is 178 Å². The summed E-state index contributed by atoms with van der Waals surface area (Å²) in [5.41, 5.74) is 4.25. The van der Waals surface area contributed by atoms with Crippen LogP contribution < -0.4 is 5.73 Å². The van der Waals surface area contributed by atoms with Crippen LogP contribution in [0.4, 0.5) is 5.69 Å². The molecule has 1 heterocycles. The van der Waals surface area contributed by atoms with E-state index in [1.54, 1.807) is 0 Å². The molecule has 3 rings (SSSR count). The fourth-order valence-electron chi connectivity index (χ4n) is 2.41. The molecule has 0 aliphatic carbocycles. The molecule has 0 bridgehead atoms. The average molecular weight is 373 g/mol. The van der Waals surface area contributed by atoms with E-state index in [0.717, 1.165) is 18.2 Å². The average Bonchev–Trinajstić information content (AvgIpc) is 2.43. The first-order valence-electron chi connectivity index (χ1n) is 6.03. The molecule has 2 aromatic carbocycles. The molecule has 1 aliphatic rings. The number of hydrogen-bond donors (Lipinski definition) is 3. The van der Waals surface area contributed by atoms with Gasteiger partial charge in [0.15, 0.2) is 0 Å². The van der Waals surface area contributed by atoms with Crippen molar-refractivity contribution >= 4 is 48.6 Å². The molecular weight excluding hydrogens is 366 g/mol. The lowest BCUT2D eigenvalue weighted by atomic mass is 9.96. The highest BCUT2D eigenvalue weighted by Crippen LogP contribution is 2.38. The Balaban J connectivity index is 2.63. The Hall–Kier alpha value is -2.54. The lowest BCUT2D eigenvalue weighted by molar-refractivity contribution is 0.0391. The van der Waals surface area contributed by atoms with E-state index in [9.17, 15) is 31.0 Å². The number of rotatable bonds is 2. The number of benzene rings is 2. The van der Waals surface area contributed by atoms with Gasteiger partial charge < -0.3 is 10.5 Å². The van der Waals surface area contributed by atoms with E-state index in [1.807, 2.05) is 0 Å². The minimum absolute atomic E-state index is 0.145. The molecule has 0 unspecified atom stereocenters. The first kappa shape index (κ1) is 16.3. The van der Waals surface area contributed by atoms with Gasteiger partial charge >= 0.3 is 11.9 Å². The SMILES string of the molecule is Nc1c(S(=O)(=O)O)cc2c3c(cc(S(=O)(=O)O)cc13)C(=O)OC2=O. The Kier molecular flexibility index (Phi) is 3.22. The fraction of sp³-hybridized carbons (Fsp3) is 0. The van der Waals surface area contributed by atoms with Crippen LogP contribution in [0.2, 0.25) is 0 Å². The Morgan fingerprint density at radius 3 is 1.92 bits per heavy atom. The summed E-state index contributed by atoms with van der Waals surface area (Å²) in [6, 6.07) is 2.27. The largest absolute Gasteiger partial charge is 0.397 e. The smallest absolute Gasteiger partial charge is 0.346 e. The molecule has 4 N–H and O–H groups in total. The van der Waals surface area contributed by atoms with Gasteiger partial charge in [0, 0.05) is 10.8 Å². The van der Waals surface area contributed by atoms with Crippen LogP contribution in [0, 0.1) is 0 Å². The highest BCUT2D eigenvalue weighted by Gasteiger charge is 2.33. The van der Waals surface area contributed by atoms with Gasteiger partial charge in [-0.3, -0.25) is 9.11 Å². The number of cyclic esters (lactones) is 2. The van der Waals surface area contributed by atoms with Crippen LogP contribution in [-0.4, -0.2) is 37.9 Å². The van der Waals surface area contributed by atoms with Crippen LogP contribution in [0.15, 0.2) is 28.0 Å². The molecule has 12 heteroatoms. The molecule has 1 aliphatic heterocycles. The summed E-state index contributed by atoms with van der Waals surface area (Å²) in [5, 5.41) is -0.469. The molecule has 0 fully saturated rings. The van der Waals surface area contributed by atoms with Crippen LogP contribution >= 0.6 is 0 Å². The molecule has 0 radical (unpaired) electrons. The second kappa shape index (κ2) is 4.73. The summed E-state index contributed by atoms with van der Waals surface area (Å²) in [6.45, 7) is 0. The van der Waals surface area contributed by atoms with Gasteiger partial charge in [-0.2, -0.15) is 16.8 Å². The van der Waals surface area contributed by atoms with Gasteiger partial charge in [-0.25, -0.2) is 9.59 Å². The number of hydrogen-bond acceptors (Lipinski definition) is 8. The Bertz CT molecular complexity index is 1140. The quantitative estimate of drug-likeness (QED) is 0.285. The molecule has 126 valence electrons. The molecule has 0 aromatic heterocycles. The van der Waals surface area contributed by atoms with Crippen molar-refractivity contribution in [1.29, 1.82) is 0 Å². The highest BCUT2D eigenvalue weighted by molar-refractivity contribution is 7.86. The van der Waals surface area contributed by atoms with Gasteiger partial charge in [0.25, 0.3) is 20.2 Å². The van der Waals surface area contributed by atoms with Crippen molar-refractivity contribution in [2.24, 2.45) is 0 Å². The molecule has 2 aromatic rings. The van der Waals surface area contributed by atoms with Crippen molar-refractivity contribution in [3.05, 3.63) is 29.3 Å². The first-order chi connectivity index (χ1) is 10.9. The highest BCUT2D eigenvalue weighted by atomic mass is 32.2. The maximum absolute atomic E-state index is 11.8. The summed E-state index contributed by atoms with van der Waals surface area (Å²) in [7, 11) is -9.64. The molecule has 0 amide bonds. The van der Waals surface area contributed by atoms with Crippen molar-refractivity contribution in [3.8, 4) is 0 Å². The van der Waals surface area contributed by atoms with Crippen molar-refractivity contribution in [1.82, 2.24) is 0 Å². The normalized spacial score (nSPS) is 14.8. The molecule has 0 saturated heterocycles. The van der Waals surface area contributed by atoms with Crippen LogP contribution in [0.3, 0.4) is 0 Å². The van der Waals surface area contributed by atoms with Crippen LogP contribution in [0.1, 0.15) is 20.7 Å². The third kappa shape index (κ3) is 2.32. The molecule has 0 saturated carbocycles. The van der Waals surface area contributed by atoms with Gasteiger partial charge in [-0.15, -0.1) is 0 Å². The zero-order chi connectivity index (χ0) is 18.0. The minimum atomic E-state index is -4.86. The number of carbonyl (C=O) groups excluding carboxylic acids is 2. The third-order valence-corrected chi connectivity index (χ3v) is 5.14. The van der Waals surface area contributed by atoms with E-state index < -0.39 is 58.8 Å². The van der Waals surface area contributed by atoms with E-state index in [0.29, 0.717) is 0 Å². The maximum atomic E-state index is 11.8. The van der Waals surface area contributed by atoms with E-state index in [1.165, 1.54) is 0 Å². The number of esters is 2. The van der Waals surface area contributed by atoms with Crippen molar-refractivity contribution < 1.29 is 40.3 Å². The van der Waals surface area contributed by atoms with E-state index in [4.69, 9.17) is 10.3 Å². The number of ether oxygens (including phenoxy) is 1. The molecular formula is C12H7NO9S2. The van der Waals surface area contributed by atoms with Crippen molar-refractivity contribution in [2.75, 3.05) is 5.73 Å². The summed E-state index contributed by atoms with van der Waals surface area (Å²) >= 11 is 0. The number of carbonyl (C=O) groups is 2. The second-order valence-electron chi connectivity index (χ2n) is 4.86. The van der Waals surface area contributed by atoms with E-state index in [-0.39, 0.29) is 10.8 Å². The zero-order valence-corrected chi connectivity index (χ0v) is 13.0. The monoisotopic (exact) mass is 373 g/mol. The Labute approximate surface area is 134 Å². The Morgan fingerprint density at radius 2 is 1.42 bits per heavy atom. The van der Waals surface area contributed by atoms with Crippen LogP contribution in [-0.2, 0) is 25.0 Å². The summed E-state index contributed by atoms with van der Waals surface area (Å²) in [4.78, 5) is 22.0. The first-order valence-corrected chi connectivity index (χ1v) is 8.91. The molecule has 0 atom stereocenters. The maximum Gasteiger partial charge on any atom is 0.346 e. The number of anilines is 1. The van der Waals surface area contributed by atoms with Gasteiger partial charge in [-0.1, -0.05) is 0 Å². The predicted molar refractivity (Wildman–Crippen MR) is 77.7 cm³/mol. The van der Waals surface area contributed by atoms with Gasteiger partial charge in [0.2, 0.25) is 0 Å². The fourth-order valence-corrected chi connectivity index (χ4v) is 3.60. The van der Waals surface area contributed by atoms with E-state index >= 15 is 0 Å². The number of nitrogens with two attached hydrogens (primary N) is 1. The number of nitrogen functional groups attached to an aromatic ring is 1. The van der Waals surface area contributed by atoms with E-state index in [2.05, 4.69) is 4.74 Å². The Morgan fingerprint density at radius 1 is 0.875 bits per heavy atom. The van der Waals surface area contributed by atoms with Crippen LogP contribution in [0.25, 0.3) is 10.8 Å². The zero-order valence-electron chi connectivity index (χ0n) is 11.4. The van der Waals surface area contributed by atoms with Crippen molar-refractivity contribution in [2.45, 2.75) is 9.79 Å². The molecule has 10 nitrogen and oxygen atoms in total. The minimum Gasteiger partial charge on any atom is -0.397 e. The standard InChI is InChI=1S/C12H7NO9S2/c13-10-5-1-4(23(16,17)18)2-6-9(5)7(12(15)22-11(6)14)3-8(10)24(19,20)21/h1-3H,13H2,(H,16,17,18)(H,19,20,21). The molecule has 24 heavy (non-hydrogen) atoms. The van der Waals surface area contributed by atoms with Gasteiger partial charge in [0.1, 0.15) is 4.90 Å². The molecule has 0 spiro atoms. The van der Waals surface area contributed by atoms with Crippen molar-refractivity contribution in [3.63, 3.8) is 0 Å². The predicted octanol–water partition coefficient (Wildman–Crippen LogP) is 0.226. The lowest BCUT2D eigenvalue weighted by Crippen LogP contribution is -2.21. The summed E-state index contributed by atoms with van der Waals surface area (Å²) < 4.78 is 68.3. The lowest BCUT2D eigenvalue weighted by Gasteiger charge is -2.18. The van der Waals surface area contributed by atoms with Gasteiger partial charge in [-0.05, 0) is 18.2 Å². The van der Waals surface area contributed by atoms with Gasteiger partial charge in [0.05, 0.1) is 21.7 Å². The third-order valence-electron chi connectivity index (χ3n) is 3.41. The van der Waals surface area contributed by atoms with Crippen LogP contribution in [0.5, 0.6) is 0 Å². The summed E-state index contributed by atoms with van der Waals surface area (Å²) in [6.07, 6.45) is 0. The second-order valence-corrected chi connectivity index (χ2v) is 7.67. The summed E-state index contributed by atoms with van der Waals surface area (Å²) in [5.74, 6) is -2.39.